The van der Waals surface area contributed by atoms with Crippen molar-refractivity contribution in [2.75, 3.05) is 40.3 Å². The smallest absolute Gasteiger partial charge is 0.257 e. The van der Waals surface area contributed by atoms with E-state index < -0.39 is 23.0 Å². The molecular formula is C27H34F2N6O3S. The molecule has 2 aliphatic rings. The van der Waals surface area contributed by atoms with Crippen LogP contribution in [-0.2, 0) is 23.6 Å². The second-order valence-electron chi connectivity index (χ2n) is 10.5. The lowest BCUT2D eigenvalue weighted by molar-refractivity contribution is 0.102. The van der Waals surface area contributed by atoms with Gasteiger partial charge in [0, 0.05) is 37.8 Å². The highest BCUT2D eigenvalue weighted by molar-refractivity contribution is 7.92. The molecule has 1 aliphatic carbocycles. The molecule has 9 nitrogen and oxygen atoms in total. The van der Waals surface area contributed by atoms with Gasteiger partial charge in [0.2, 0.25) is 10.0 Å². The zero-order valence-electron chi connectivity index (χ0n) is 22.1. The van der Waals surface area contributed by atoms with Gasteiger partial charge in [-0.1, -0.05) is 0 Å². The number of sulfonamides is 1. The maximum Gasteiger partial charge on any atom is 0.257 e. The number of aryl methyl sites for hydroxylation is 1. The largest absolute Gasteiger partial charge is 0.371 e. The van der Waals surface area contributed by atoms with Gasteiger partial charge in [0.1, 0.15) is 0 Å². The molecule has 3 aromatic rings. The van der Waals surface area contributed by atoms with E-state index in [1.165, 1.54) is 12.8 Å². The molecule has 1 saturated heterocycles. The normalized spacial score (nSPS) is 16.7. The number of aromatic nitrogens is 2. The maximum atomic E-state index is 13.6. The Balaban J connectivity index is 1.40. The third kappa shape index (κ3) is 6.17. The molecule has 39 heavy (non-hydrogen) atoms. The predicted molar refractivity (Wildman–Crippen MR) is 149 cm³/mol. The number of rotatable bonds is 10. The number of nitrogens with zero attached hydrogens (tertiary/aromatic N) is 3. The van der Waals surface area contributed by atoms with Crippen LogP contribution in [0.3, 0.4) is 0 Å². The Morgan fingerprint density at radius 3 is 2.46 bits per heavy atom. The monoisotopic (exact) mass is 560 g/mol. The van der Waals surface area contributed by atoms with E-state index in [0.717, 1.165) is 36.8 Å². The standard InChI is InChI=1S/C27H34F2N6O3S/c1-3-39(37,38)33-19-4-6-20(24(15-19)35-12-10-27(8-9-27)11-13-35)26(36)31-18-5-7-23-21(14-18)22(32-34(23)2)16-30-17-25(28)29/h4-7,14-15,25,30,33H,3,8-13,16-17H2,1-2H3,(H,31,36). The molecule has 0 bridgehead atoms. The summed E-state index contributed by atoms with van der Waals surface area (Å²) in [5.74, 6) is -0.366. The molecule has 2 heterocycles. The van der Waals surface area contributed by atoms with Crippen molar-refractivity contribution in [3.63, 3.8) is 0 Å². The van der Waals surface area contributed by atoms with E-state index in [1.807, 2.05) is 6.07 Å². The van der Waals surface area contributed by atoms with Crippen LogP contribution in [0, 0.1) is 5.41 Å². The number of anilines is 3. The number of carbonyl (C=O) groups is 1. The van der Waals surface area contributed by atoms with E-state index in [0.29, 0.717) is 33.7 Å². The van der Waals surface area contributed by atoms with Crippen LogP contribution in [0.5, 0.6) is 0 Å². The van der Waals surface area contributed by atoms with Gasteiger partial charge < -0.3 is 15.5 Å². The molecule has 1 aliphatic heterocycles. The van der Waals surface area contributed by atoms with Crippen molar-refractivity contribution in [3.8, 4) is 0 Å². The second kappa shape index (κ2) is 10.7. The number of amides is 1. The van der Waals surface area contributed by atoms with Crippen LogP contribution in [0.2, 0.25) is 0 Å². The highest BCUT2D eigenvalue weighted by Gasteiger charge is 2.44. The second-order valence-corrected chi connectivity index (χ2v) is 12.5. The summed E-state index contributed by atoms with van der Waals surface area (Å²) in [5, 5.41) is 10.9. The minimum absolute atomic E-state index is 0.0483. The van der Waals surface area contributed by atoms with Crippen molar-refractivity contribution in [1.29, 1.82) is 0 Å². The lowest BCUT2D eigenvalue weighted by atomic mass is 9.93. The molecule has 0 radical (unpaired) electrons. The molecule has 2 fully saturated rings. The molecule has 1 saturated carbocycles. The van der Waals surface area contributed by atoms with Gasteiger partial charge in [0.15, 0.2) is 0 Å². The summed E-state index contributed by atoms with van der Waals surface area (Å²) in [6.07, 6.45) is 2.16. The molecule has 3 N–H and O–H groups in total. The quantitative estimate of drug-likeness (QED) is 0.341. The SMILES string of the molecule is CCS(=O)(=O)Nc1ccc(C(=O)Nc2ccc3c(c2)c(CNCC(F)F)nn3C)c(N2CCC3(CC2)CC3)c1. The molecule has 2 aromatic carbocycles. The summed E-state index contributed by atoms with van der Waals surface area (Å²) in [7, 11) is -1.69. The van der Waals surface area contributed by atoms with Crippen LogP contribution in [0.1, 0.15) is 48.7 Å². The fraction of sp³-hybridized carbons (Fsp3) is 0.481. The fourth-order valence-corrected chi connectivity index (χ4v) is 5.87. The third-order valence-corrected chi connectivity index (χ3v) is 9.10. The Hall–Kier alpha value is -3.25. The molecule has 210 valence electrons. The molecule has 1 amide bonds. The van der Waals surface area contributed by atoms with Crippen molar-refractivity contribution in [3.05, 3.63) is 47.7 Å². The van der Waals surface area contributed by atoms with Crippen LogP contribution in [-0.4, -0.2) is 55.9 Å². The molecule has 0 atom stereocenters. The minimum Gasteiger partial charge on any atom is -0.371 e. The number of nitrogens with one attached hydrogen (secondary N) is 3. The van der Waals surface area contributed by atoms with Crippen LogP contribution < -0.4 is 20.3 Å². The topological polar surface area (TPSA) is 108 Å². The summed E-state index contributed by atoms with van der Waals surface area (Å²) in [6, 6.07) is 10.4. The van der Waals surface area contributed by atoms with Crippen molar-refractivity contribution >= 4 is 43.9 Å². The van der Waals surface area contributed by atoms with Gasteiger partial charge in [0.25, 0.3) is 12.3 Å². The van der Waals surface area contributed by atoms with Crippen LogP contribution in [0.25, 0.3) is 10.9 Å². The number of hydrogen-bond donors (Lipinski definition) is 3. The van der Waals surface area contributed by atoms with Gasteiger partial charge in [0.05, 0.1) is 40.4 Å². The summed E-state index contributed by atoms with van der Waals surface area (Å²) in [6.45, 7) is 2.93. The first kappa shape index (κ1) is 27.3. The van der Waals surface area contributed by atoms with Crippen LogP contribution >= 0.6 is 0 Å². The van der Waals surface area contributed by atoms with Crippen molar-refractivity contribution in [1.82, 2.24) is 15.1 Å². The van der Waals surface area contributed by atoms with Gasteiger partial charge >= 0.3 is 0 Å². The van der Waals surface area contributed by atoms with E-state index in [9.17, 15) is 22.0 Å². The van der Waals surface area contributed by atoms with E-state index in [4.69, 9.17) is 0 Å². The van der Waals surface area contributed by atoms with Crippen molar-refractivity contribution < 1.29 is 22.0 Å². The van der Waals surface area contributed by atoms with Gasteiger partial charge in [-0.3, -0.25) is 14.2 Å². The number of piperidine rings is 1. The molecule has 12 heteroatoms. The van der Waals surface area contributed by atoms with Gasteiger partial charge in [-0.25, -0.2) is 17.2 Å². The molecular weight excluding hydrogens is 526 g/mol. The van der Waals surface area contributed by atoms with Gasteiger partial charge in [-0.2, -0.15) is 5.10 Å². The van der Waals surface area contributed by atoms with E-state index in [1.54, 1.807) is 49.0 Å². The van der Waals surface area contributed by atoms with Crippen LogP contribution in [0.4, 0.5) is 25.8 Å². The Bertz CT molecular complexity index is 1480. The first-order valence-corrected chi connectivity index (χ1v) is 14.9. The van der Waals surface area contributed by atoms with Crippen molar-refractivity contribution in [2.45, 2.75) is 45.6 Å². The van der Waals surface area contributed by atoms with Gasteiger partial charge in [-0.15, -0.1) is 0 Å². The predicted octanol–water partition coefficient (Wildman–Crippen LogP) is 4.32. The Labute approximate surface area is 227 Å². The number of benzene rings is 2. The molecule has 1 spiro atoms. The molecule has 5 rings (SSSR count). The first-order valence-electron chi connectivity index (χ1n) is 13.2. The summed E-state index contributed by atoms with van der Waals surface area (Å²) < 4.78 is 53.8. The first-order chi connectivity index (χ1) is 18.6. The van der Waals surface area contributed by atoms with E-state index in [2.05, 4.69) is 25.4 Å². The van der Waals surface area contributed by atoms with E-state index in [-0.39, 0.29) is 18.2 Å². The minimum atomic E-state index is -3.47. The Kier molecular flexibility index (Phi) is 7.51. The fourth-order valence-electron chi connectivity index (χ4n) is 5.24. The average molecular weight is 561 g/mol. The number of hydrogen-bond acceptors (Lipinski definition) is 6. The van der Waals surface area contributed by atoms with E-state index >= 15 is 0 Å². The maximum absolute atomic E-state index is 13.6. The average Bonchev–Trinajstić information content (AvgIpc) is 3.58. The highest BCUT2D eigenvalue weighted by Crippen LogP contribution is 2.54. The number of halogens is 2. The van der Waals surface area contributed by atoms with Crippen molar-refractivity contribution in [2.24, 2.45) is 12.5 Å². The zero-order chi connectivity index (χ0) is 27.8. The molecule has 1 aromatic heterocycles. The highest BCUT2D eigenvalue weighted by atomic mass is 32.2. The number of alkyl halides is 2. The zero-order valence-corrected chi connectivity index (χ0v) is 23.0. The Morgan fingerprint density at radius 2 is 1.79 bits per heavy atom. The lowest BCUT2D eigenvalue weighted by Crippen LogP contribution is -2.35. The summed E-state index contributed by atoms with van der Waals surface area (Å²) >= 11 is 0. The Morgan fingerprint density at radius 1 is 1.08 bits per heavy atom. The lowest BCUT2D eigenvalue weighted by Gasteiger charge is -2.35. The van der Waals surface area contributed by atoms with Gasteiger partial charge in [-0.05, 0) is 74.4 Å². The summed E-state index contributed by atoms with van der Waals surface area (Å²) in [5.41, 5.74) is 3.99. The summed E-state index contributed by atoms with van der Waals surface area (Å²) in [4.78, 5) is 15.7. The number of carbonyl (C=O) groups excluding carboxylic acids is 1. The number of fused-ring (bicyclic) bond motifs is 1. The molecule has 0 unspecified atom stereocenters. The third-order valence-electron chi connectivity index (χ3n) is 7.79. The van der Waals surface area contributed by atoms with Crippen LogP contribution in [0.15, 0.2) is 36.4 Å².